The number of primary amides is 1. The highest BCUT2D eigenvalue weighted by atomic mass is 16.6. The van der Waals surface area contributed by atoms with Crippen LogP contribution in [-0.2, 0) is 33.4 Å². The second kappa shape index (κ2) is 12.6. The molecule has 1 aliphatic heterocycles. The Hall–Kier alpha value is -2.85. The first-order valence-electron chi connectivity index (χ1n) is 11.0. The van der Waals surface area contributed by atoms with Gasteiger partial charge < -0.3 is 51.6 Å². The Bertz CT molecular complexity index is 801. The molecular weight excluding hydrogens is 460 g/mol. The molecule has 1 heterocycles. The number of ether oxygens (including phenoxy) is 2. The summed E-state index contributed by atoms with van der Waals surface area (Å²) in [5.74, 6) is -5.55. The van der Waals surface area contributed by atoms with E-state index in [1.165, 1.54) is 13.8 Å². The topological polar surface area (TPSA) is 252 Å². The van der Waals surface area contributed by atoms with Crippen molar-refractivity contribution in [3.63, 3.8) is 0 Å². The van der Waals surface area contributed by atoms with Gasteiger partial charge in [0.15, 0.2) is 12.3 Å². The third-order valence-corrected chi connectivity index (χ3v) is 5.29. The number of amides is 3. The third kappa shape index (κ3) is 7.33. The average Bonchev–Trinajstić information content (AvgIpc) is 2.79. The summed E-state index contributed by atoms with van der Waals surface area (Å²) in [5, 5.41) is 40.3. The molecule has 8 atom stereocenters. The molecule has 0 aromatic carbocycles. The van der Waals surface area contributed by atoms with Crippen molar-refractivity contribution in [3.8, 4) is 0 Å². The highest BCUT2D eigenvalue weighted by Gasteiger charge is 2.49. The van der Waals surface area contributed by atoms with E-state index >= 15 is 0 Å². The second-order valence-electron chi connectivity index (χ2n) is 7.77. The maximum atomic E-state index is 12.9. The number of nitrogens with zero attached hydrogens (tertiary/aromatic N) is 1. The van der Waals surface area contributed by atoms with Crippen molar-refractivity contribution in [1.82, 2.24) is 10.2 Å². The molecule has 1 fully saturated rings. The minimum atomic E-state index is -1.60. The molecule has 34 heavy (non-hydrogen) atoms. The number of nitrogens with two attached hydrogens (primary N) is 2. The van der Waals surface area contributed by atoms with Crippen LogP contribution < -0.4 is 16.8 Å². The summed E-state index contributed by atoms with van der Waals surface area (Å²) in [6, 6.07) is -4.27. The summed E-state index contributed by atoms with van der Waals surface area (Å²) >= 11 is 0. The Labute approximate surface area is 196 Å². The van der Waals surface area contributed by atoms with Gasteiger partial charge >= 0.3 is 11.9 Å². The monoisotopic (exact) mass is 493 g/mol. The molecule has 1 unspecified atom stereocenters. The van der Waals surface area contributed by atoms with Crippen molar-refractivity contribution < 1.29 is 55.2 Å². The van der Waals surface area contributed by atoms with Crippen LogP contribution in [0.1, 0.15) is 35.0 Å². The molecule has 1 saturated heterocycles. The van der Waals surface area contributed by atoms with Crippen LogP contribution in [0.4, 0.5) is 0 Å². The van der Waals surface area contributed by atoms with Gasteiger partial charge in [-0.05, 0) is 20.3 Å². The van der Waals surface area contributed by atoms with Gasteiger partial charge in [0, 0.05) is 14.7 Å². The molecule has 0 spiro atoms. The number of carboxylic acid groups (broad SMARTS) is 2. The highest BCUT2D eigenvalue weighted by molar-refractivity contribution is 5.91. The SMILES string of the molecule is [2H]CC(=O)N(C1O[C@H](CO)[C@@H](O)[C@H](O[C@H](C)C(=O)O)[C@H]1N)[C@@H](C)C(=O)N[C@H](CCC(=O)O)C(N)=O. The zero-order chi connectivity index (χ0) is 27.0. The zero-order valence-electron chi connectivity index (χ0n) is 19.7. The molecule has 0 aromatic rings. The van der Waals surface area contributed by atoms with Crippen molar-refractivity contribution in [3.05, 3.63) is 0 Å². The number of aliphatic carboxylic acids is 2. The molecule has 3 amide bonds. The normalized spacial score (nSPS) is 27.6. The Kier molecular flexibility index (Phi) is 10.1. The van der Waals surface area contributed by atoms with E-state index in [4.69, 9.17) is 32.5 Å². The maximum absolute atomic E-state index is 12.9. The summed E-state index contributed by atoms with van der Waals surface area (Å²) in [4.78, 5) is 59.9. The van der Waals surface area contributed by atoms with Crippen LogP contribution in [0.3, 0.4) is 0 Å². The zero-order valence-corrected chi connectivity index (χ0v) is 18.7. The number of hydrogen-bond donors (Lipinski definition) is 7. The molecular formula is C19H32N4O11. The highest BCUT2D eigenvalue weighted by Crippen LogP contribution is 2.27. The molecule has 0 radical (unpaired) electrons. The summed E-state index contributed by atoms with van der Waals surface area (Å²) in [7, 11) is 0. The number of hydrogen-bond acceptors (Lipinski definition) is 10. The Morgan fingerprint density at radius 2 is 1.85 bits per heavy atom. The van der Waals surface area contributed by atoms with E-state index in [2.05, 4.69) is 5.32 Å². The maximum Gasteiger partial charge on any atom is 0.332 e. The fourth-order valence-electron chi connectivity index (χ4n) is 3.37. The van der Waals surface area contributed by atoms with Gasteiger partial charge in [-0.1, -0.05) is 0 Å². The molecule has 0 aliphatic carbocycles. The Morgan fingerprint density at radius 3 is 2.32 bits per heavy atom. The van der Waals surface area contributed by atoms with Crippen LogP contribution in [0, 0.1) is 0 Å². The largest absolute Gasteiger partial charge is 0.481 e. The lowest BCUT2D eigenvalue weighted by atomic mass is 9.94. The summed E-state index contributed by atoms with van der Waals surface area (Å²) < 4.78 is 18.3. The average molecular weight is 493 g/mol. The number of nitrogens with one attached hydrogen (secondary N) is 1. The smallest absolute Gasteiger partial charge is 0.332 e. The van der Waals surface area contributed by atoms with Gasteiger partial charge in [-0.15, -0.1) is 0 Å². The molecule has 0 aromatic heterocycles. The number of rotatable bonds is 12. The van der Waals surface area contributed by atoms with Gasteiger partial charge in [0.05, 0.1) is 12.6 Å². The molecule has 9 N–H and O–H groups in total. The van der Waals surface area contributed by atoms with Crippen molar-refractivity contribution in [2.75, 3.05) is 6.61 Å². The number of carbonyl (C=O) groups excluding carboxylic acids is 3. The fraction of sp³-hybridized carbons (Fsp3) is 0.737. The van der Waals surface area contributed by atoms with Crippen LogP contribution in [-0.4, -0.2) is 110 Å². The summed E-state index contributed by atoms with van der Waals surface area (Å²) in [5.41, 5.74) is 11.3. The fourth-order valence-corrected chi connectivity index (χ4v) is 3.37. The Balaban J connectivity index is 3.25. The first kappa shape index (κ1) is 27.4. The quantitative estimate of drug-likeness (QED) is 0.139. The molecule has 0 saturated carbocycles. The van der Waals surface area contributed by atoms with E-state index in [-0.39, 0.29) is 6.42 Å². The number of aliphatic hydroxyl groups excluding tert-OH is 2. The predicted molar refractivity (Wildman–Crippen MR) is 112 cm³/mol. The molecule has 1 rings (SSSR count). The number of carbonyl (C=O) groups is 5. The van der Waals surface area contributed by atoms with E-state index in [0.717, 1.165) is 4.90 Å². The van der Waals surface area contributed by atoms with Crippen molar-refractivity contribution in [2.24, 2.45) is 11.5 Å². The van der Waals surface area contributed by atoms with Crippen molar-refractivity contribution in [1.29, 1.82) is 0 Å². The molecule has 0 bridgehead atoms. The van der Waals surface area contributed by atoms with Crippen LogP contribution in [0.2, 0.25) is 0 Å². The lowest BCUT2D eigenvalue weighted by Gasteiger charge is -2.48. The van der Waals surface area contributed by atoms with E-state index < -0.39 is 98.4 Å². The minimum Gasteiger partial charge on any atom is -0.481 e. The molecule has 15 heteroatoms. The number of aliphatic hydroxyl groups is 2. The molecule has 1 aliphatic rings. The molecule has 15 nitrogen and oxygen atoms in total. The van der Waals surface area contributed by atoms with Crippen LogP contribution in [0.25, 0.3) is 0 Å². The third-order valence-electron chi connectivity index (χ3n) is 5.29. The van der Waals surface area contributed by atoms with Gasteiger partial charge in [-0.2, -0.15) is 0 Å². The van der Waals surface area contributed by atoms with Gasteiger partial charge in [0.2, 0.25) is 17.7 Å². The first-order chi connectivity index (χ1) is 16.3. The first-order valence-corrected chi connectivity index (χ1v) is 10.3. The van der Waals surface area contributed by atoms with Gasteiger partial charge in [0.25, 0.3) is 0 Å². The number of carboxylic acids is 2. The van der Waals surface area contributed by atoms with Gasteiger partial charge in [-0.3, -0.25) is 19.2 Å². The van der Waals surface area contributed by atoms with Crippen molar-refractivity contribution >= 4 is 29.7 Å². The minimum absolute atomic E-state index is 0.323. The van der Waals surface area contributed by atoms with E-state index in [9.17, 15) is 34.2 Å². The van der Waals surface area contributed by atoms with Crippen LogP contribution in [0.5, 0.6) is 0 Å². The lowest BCUT2D eigenvalue weighted by Crippen LogP contribution is -2.70. The predicted octanol–water partition coefficient (Wildman–Crippen LogP) is -3.68. The van der Waals surface area contributed by atoms with Gasteiger partial charge in [-0.25, -0.2) is 4.79 Å². The molecule has 194 valence electrons. The van der Waals surface area contributed by atoms with Crippen molar-refractivity contribution in [2.45, 2.75) is 82.4 Å². The van der Waals surface area contributed by atoms with E-state index in [0.29, 0.717) is 0 Å². The lowest BCUT2D eigenvalue weighted by molar-refractivity contribution is -0.245. The summed E-state index contributed by atoms with van der Waals surface area (Å²) in [6.45, 7) is 0.729. The van der Waals surface area contributed by atoms with E-state index in [1.54, 1.807) is 0 Å². The summed E-state index contributed by atoms with van der Waals surface area (Å²) in [6.07, 6.45) is -8.25. The van der Waals surface area contributed by atoms with Gasteiger partial charge in [0.1, 0.15) is 30.4 Å². The van der Waals surface area contributed by atoms with Crippen LogP contribution >= 0.6 is 0 Å². The Morgan fingerprint density at radius 1 is 1.24 bits per heavy atom. The van der Waals surface area contributed by atoms with E-state index in [1.807, 2.05) is 0 Å². The van der Waals surface area contributed by atoms with Crippen LogP contribution in [0.15, 0.2) is 0 Å². The second-order valence-corrected chi connectivity index (χ2v) is 7.77. The standard InChI is InChI=1S/C19H32N4O11/c1-7(17(30)22-10(16(21)29)4-5-12(26)27)23(9(3)25)18-13(20)15(33-8(2)19(31)32)14(28)11(6-24)34-18/h7-8,10-11,13-15,18,24,28H,4-6,20H2,1-3H3,(H2,21,29)(H,22,30)(H,26,27)(H,31,32)/t7-,8+,10+,11+,13+,14+,15+,18?/m0/s1/i3D.